The number of aromatic amines is 1. The van der Waals surface area contributed by atoms with E-state index in [0.29, 0.717) is 27.7 Å². The fourth-order valence-electron chi connectivity index (χ4n) is 3.66. The van der Waals surface area contributed by atoms with Crippen molar-refractivity contribution in [2.75, 3.05) is 5.32 Å². The van der Waals surface area contributed by atoms with Crippen LogP contribution < -0.4 is 15.6 Å². The first-order chi connectivity index (χ1) is 16.6. The number of rotatable bonds is 7. The maximum absolute atomic E-state index is 12.9. The molecule has 34 heavy (non-hydrogen) atoms. The Morgan fingerprint density at radius 1 is 1.12 bits per heavy atom. The Bertz CT molecular complexity index is 1490. The number of nitrogens with zero attached hydrogens (tertiary/aromatic N) is 4. The molecule has 0 bridgehead atoms. The first-order valence-corrected chi connectivity index (χ1v) is 11.0. The van der Waals surface area contributed by atoms with Crippen molar-refractivity contribution in [1.82, 2.24) is 24.5 Å². The van der Waals surface area contributed by atoms with Gasteiger partial charge < -0.3 is 19.6 Å². The average molecular weight is 473 g/mol. The Morgan fingerprint density at radius 2 is 2.03 bits per heavy atom. The molecule has 4 heterocycles. The molecule has 1 aromatic carbocycles. The van der Waals surface area contributed by atoms with Crippen LogP contribution in [0.3, 0.4) is 0 Å². The summed E-state index contributed by atoms with van der Waals surface area (Å²) in [4.78, 5) is 28.5. The second-order valence-electron chi connectivity index (χ2n) is 7.77. The van der Waals surface area contributed by atoms with Gasteiger partial charge in [-0.25, -0.2) is 9.97 Å². The molecule has 1 unspecified atom stereocenters. The van der Waals surface area contributed by atoms with Gasteiger partial charge in [0, 0.05) is 47.9 Å². The number of pyridine rings is 3. The lowest BCUT2D eigenvalue weighted by molar-refractivity contribution is 0.302. The van der Waals surface area contributed by atoms with E-state index in [-0.39, 0.29) is 18.2 Å². The van der Waals surface area contributed by atoms with E-state index in [1.807, 2.05) is 54.1 Å². The predicted molar refractivity (Wildman–Crippen MR) is 132 cm³/mol. The molecule has 170 valence electrons. The molecular formula is C25H21ClN6O2. The molecule has 0 fully saturated rings. The first-order valence-electron chi connectivity index (χ1n) is 10.7. The number of H-pyrrole nitrogens is 1. The average Bonchev–Trinajstić information content (AvgIpc) is 3.39. The Balaban J connectivity index is 1.38. The van der Waals surface area contributed by atoms with Crippen molar-refractivity contribution in [3.63, 3.8) is 0 Å². The molecule has 0 radical (unpaired) electrons. The fraction of sp³-hybridized carbons (Fsp3) is 0.120. The minimum absolute atomic E-state index is 0.198. The van der Waals surface area contributed by atoms with Crippen LogP contribution in [0, 0.1) is 0 Å². The van der Waals surface area contributed by atoms with Crippen molar-refractivity contribution in [3.8, 4) is 11.4 Å². The largest absolute Gasteiger partial charge is 0.486 e. The van der Waals surface area contributed by atoms with E-state index < -0.39 is 0 Å². The van der Waals surface area contributed by atoms with Gasteiger partial charge in [0.15, 0.2) is 0 Å². The third-order valence-corrected chi connectivity index (χ3v) is 5.70. The summed E-state index contributed by atoms with van der Waals surface area (Å²) < 4.78 is 7.71. The van der Waals surface area contributed by atoms with Gasteiger partial charge in [-0.1, -0.05) is 17.7 Å². The molecule has 0 amide bonds. The summed E-state index contributed by atoms with van der Waals surface area (Å²) in [7, 11) is 0. The Hall–Kier alpha value is -4.17. The molecule has 8 nitrogen and oxygen atoms in total. The van der Waals surface area contributed by atoms with Crippen LogP contribution in [0.15, 0.2) is 84.4 Å². The molecule has 0 aliphatic rings. The number of fused-ring (bicyclic) bond motifs is 1. The molecule has 9 heteroatoms. The monoisotopic (exact) mass is 472 g/mol. The van der Waals surface area contributed by atoms with E-state index in [1.165, 1.54) is 0 Å². The number of ether oxygens (including phenoxy) is 1. The smallest absolute Gasteiger partial charge is 0.253 e. The zero-order valence-corrected chi connectivity index (χ0v) is 19.0. The SMILES string of the molecule is CC(Nc1cc(-n2ccnc2)ccn1)c1cc2cc(Cl)c(OCc3ccccn3)cc2[nH]c1=O. The lowest BCUT2D eigenvalue weighted by atomic mass is 10.1. The van der Waals surface area contributed by atoms with E-state index in [9.17, 15) is 4.79 Å². The molecule has 4 aromatic heterocycles. The van der Waals surface area contributed by atoms with Crippen LogP contribution in [0.5, 0.6) is 5.75 Å². The van der Waals surface area contributed by atoms with Gasteiger partial charge in [0.1, 0.15) is 18.2 Å². The van der Waals surface area contributed by atoms with Crippen LogP contribution in [-0.4, -0.2) is 24.5 Å². The van der Waals surface area contributed by atoms with Gasteiger partial charge >= 0.3 is 0 Å². The molecule has 0 saturated carbocycles. The first kappa shape index (κ1) is 21.7. The highest BCUT2D eigenvalue weighted by Gasteiger charge is 2.14. The van der Waals surface area contributed by atoms with E-state index in [0.717, 1.165) is 16.8 Å². The summed E-state index contributed by atoms with van der Waals surface area (Å²) in [5.74, 6) is 1.13. The normalized spacial score (nSPS) is 11.9. The van der Waals surface area contributed by atoms with Gasteiger partial charge in [-0.15, -0.1) is 0 Å². The van der Waals surface area contributed by atoms with Crippen molar-refractivity contribution in [2.45, 2.75) is 19.6 Å². The second kappa shape index (κ2) is 9.36. The number of hydrogen-bond acceptors (Lipinski definition) is 6. The summed E-state index contributed by atoms with van der Waals surface area (Å²) in [6, 6.07) is 14.5. The number of benzene rings is 1. The van der Waals surface area contributed by atoms with Crippen molar-refractivity contribution in [2.24, 2.45) is 0 Å². The van der Waals surface area contributed by atoms with Gasteiger partial charge in [-0.05, 0) is 37.3 Å². The maximum atomic E-state index is 12.9. The predicted octanol–water partition coefficient (Wildman–Crippen LogP) is 4.91. The quantitative estimate of drug-likeness (QED) is 0.349. The van der Waals surface area contributed by atoms with Gasteiger partial charge in [0.2, 0.25) is 0 Å². The highest BCUT2D eigenvalue weighted by molar-refractivity contribution is 6.32. The number of imidazole rings is 1. The number of anilines is 1. The zero-order chi connectivity index (χ0) is 23.5. The summed E-state index contributed by atoms with van der Waals surface area (Å²) in [5, 5.41) is 4.56. The minimum atomic E-state index is -0.294. The van der Waals surface area contributed by atoms with Crippen LogP contribution in [-0.2, 0) is 6.61 Å². The molecule has 0 saturated heterocycles. The Morgan fingerprint density at radius 3 is 2.82 bits per heavy atom. The van der Waals surface area contributed by atoms with Crippen LogP contribution in [0.2, 0.25) is 5.02 Å². The topological polar surface area (TPSA) is 97.7 Å². The fourth-order valence-corrected chi connectivity index (χ4v) is 3.89. The number of nitrogens with one attached hydrogen (secondary N) is 2. The van der Waals surface area contributed by atoms with Gasteiger partial charge in [-0.2, -0.15) is 0 Å². The van der Waals surface area contributed by atoms with Crippen LogP contribution >= 0.6 is 11.6 Å². The number of halogens is 1. The lowest BCUT2D eigenvalue weighted by Gasteiger charge is -2.16. The molecule has 0 spiro atoms. The Labute approximate surface area is 200 Å². The molecule has 1 atom stereocenters. The van der Waals surface area contributed by atoms with E-state index in [1.54, 1.807) is 37.1 Å². The number of aromatic nitrogens is 5. The standard InChI is InChI=1S/C25H21ClN6O2/c1-16(30-24-12-19(5-7-29-24)32-9-8-27-15-32)20-10-17-11-21(26)23(13-22(17)31-25(20)33)34-14-18-4-2-3-6-28-18/h2-13,15-16H,14H2,1H3,(H,29,30)(H,31,33). The highest BCUT2D eigenvalue weighted by atomic mass is 35.5. The molecule has 5 rings (SSSR count). The van der Waals surface area contributed by atoms with Gasteiger partial charge in [-0.3, -0.25) is 9.78 Å². The zero-order valence-electron chi connectivity index (χ0n) is 18.3. The highest BCUT2D eigenvalue weighted by Crippen LogP contribution is 2.30. The third-order valence-electron chi connectivity index (χ3n) is 5.40. The van der Waals surface area contributed by atoms with Crippen molar-refractivity contribution in [1.29, 1.82) is 0 Å². The summed E-state index contributed by atoms with van der Waals surface area (Å²) in [5.41, 5.74) is 2.71. The van der Waals surface area contributed by atoms with Crippen molar-refractivity contribution in [3.05, 3.63) is 106 Å². The molecular weight excluding hydrogens is 452 g/mol. The summed E-state index contributed by atoms with van der Waals surface area (Å²) >= 11 is 6.47. The van der Waals surface area contributed by atoms with E-state index >= 15 is 0 Å². The summed E-state index contributed by atoms with van der Waals surface area (Å²) in [6.07, 6.45) is 8.70. The van der Waals surface area contributed by atoms with Crippen LogP contribution in [0.1, 0.15) is 24.2 Å². The third kappa shape index (κ3) is 4.62. The van der Waals surface area contributed by atoms with Crippen LogP contribution in [0.4, 0.5) is 5.82 Å². The van der Waals surface area contributed by atoms with Crippen molar-refractivity contribution >= 4 is 28.3 Å². The van der Waals surface area contributed by atoms with E-state index in [4.69, 9.17) is 16.3 Å². The van der Waals surface area contributed by atoms with Gasteiger partial charge in [0.25, 0.3) is 5.56 Å². The lowest BCUT2D eigenvalue weighted by Crippen LogP contribution is -2.20. The Kier molecular flexibility index (Phi) is 5.97. The molecule has 0 aliphatic carbocycles. The minimum Gasteiger partial charge on any atom is -0.486 e. The van der Waals surface area contributed by atoms with E-state index in [2.05, 4.69) is 25.3 Å². The molecule has 0 aliphatic heterocycles. The molecule has 5 aromatic rings. The number of hydrogen-bond donors (Lipinski definition) is 2. The molecule has 2 N–H and O–H groups in total. The van der Waals surface area contributed by atoms with Crippen LogP contribution in [0.25, 0.3) is 16.6 Å². The summed E-state index contributed by atoms with van der Waals surface area (Å²) in [6.45, 7) is 2.19. The van der Waals surface area contributed by atoms with Gasteiger partial charge in [0.05, 0.1) is 34.3 Å². The van der Waals surface area contributed by atoms with Crippen molar-refractivity contribution < 1.29 is 4.74 Å². The maximum Gasteiger partial charge on any atom is 0.253 e. The second-order valence-corrected chi connectivity index (χ2v) is 8.18.